The van der Waals surface area contributed by atoms with Gasteiger partial charge in [-0.3, -0.25) is 0 Å². The molecule has 3 heteroatoms. The van der Waals surface area contributed by atoms with E-state index in [4.69, 9.17) is 5.26 Å². The van der Waals surface area contributed by atoms with Crippen LogP contribution in [-0.2, 0) is 0 Å². The molecule has 0 aliphatic heterocycles. The molecule has 1 unspecified atom stereocenters. The third kappa shape index (κ3) is 2.12. The minimum Gasteiger partial charge on any atom is -0.210 e. The van der Waals surface area contributed by atoms with E-state index in [1.165, 1.54) is 0 Å². The molecule has 0 amide bonds. The predicted molar refractivity (Wildman–Crippen MR) is 50.8 cm³/mol. The van der Waals surface area contributed by atoms with Gasteiger partial charge in [0.25, 0.3) is 0 Å². The zero-order chi connectivity index (χ0) is 10.8. The van der Waals surface area contributed by atoms with Crippen LogP contribution in [0.5, 0.6) is 0 Å². The maximum atomic E-state index is 12.7. The molecule has 0 aromatic heterocycles. The molecule has 0 saturated carbocycles. The van der Waals surface area contributed by atoms with Gasteiger partial charge in [0.05, 0.1) is 6.07 Å². The van der Waals surface area contributed by atoms with Crippen molar-refractivity contribution >= 4 is 0 Å². The van der Waals surface area contributed by atoms with Crippen molar-refractivity contribution in [1.29, 1.82) is 5.26 Å². The van der Waals surface area contributed by atoms with E-state index in [0.717, 1.165) is 12.8 Å². The summed E-state index contributed by atoms with van der Waals surface area (Å²) in [5.74, 6) is -0.0675. The largest absolute Gasteiger partial charge is 0.243 e. The van der Waals surface area contributed by atoms with Gasteiger partial charge in [0.15, 0.2) is 0 Å². The summed E-state index contributed by atoms with van der Waals surface area (Å²) >= 11 is 0. The summed E-state index contributed by atoms with van der Waals surface area (Å²) < 4.78 is 25.5. The number of alkyl halides is 2. The average Bonchev–Trinajstić information content (AvgIpc) is 2.17. The summed E-state index contributed by atoms with van der Waals surface area (Å²) in [6.07, 6.45) is 1.57. The van der Waals surface area contributed by atoms with E-state index in [1.54, 1.807) is 13.8 Å². The van der Waals surface area contributed by atoms with E-state index in [2.05, 4.69) is 6.07 Å². The molecular formula is C11H15F2N. The van der Waals surface area contributed by atoms with Crippen molar-refractivity contribution in [3.63, 3.8) is 0 Å². The van der Waals surface area contributed by atoms with Crippen molar-refractivity contribution in [2.24, 2.45) is 11.3 Å². The normalized spacial score (nSPS) is 23.1. The summed E-state index contributed by atoms with van der Waals surface area (Å²) in [4.78, 5) is 0. The highest BCUT2D eigenvalue weighted by atomic mass is 19.3. The molecule has 0 saturated heterocycles. The van der Waals surface area contributed by atoms with Crippen molar-refractivity contribution in [2.75, 3.05) is 0 Å². The quantitative estimate of drug-likeness (QED) is 0.667. The summed E-state index contributed by atoms with van der Waals surface area (Å²) in [5.41, 5.74) is -0.314. The second-order valence-electron chi connectivity index (χ2n) is 4.44. The Balaban J connectivity index is 2.73. The molecule has 0 aromatic rings. The van der Waals surface area contributed by atoms with Gasteiger partial charge >= 0.3 is 0 Å². The molecule has 0 bridgehead atoms. The SMILES string of the molecule is CC(C)(C(F)F)C1CCC=C(C#N)C1. The van der Waals surface area contributed by atoms with Crippen LogP contribution >= 0.6 is 0 Å². The molecule has 1 rings (SSSR count). The van der Waals surface area contributed by atoms with Gasteiger partial charge in [0, 0.05) is 11.0 Å². The van der Waals surface area contributed by atoms with Crippen molar-refractivity contribution < 1.29 is 8.78 Å². The van der Waals surface area contributed by atoms with Crippen LogP contribution in [0.25, 0.3) is 0 Å². The van der Waals surface area contributed by atoms with Crippen LogP contribution in [-0.4, -0.2) is 6.43 Å². The first kappa shape index (κ1) is 11.2. The van der Waals surface area contributed by atoms with Gasteiger partial charge in [-0.1, -0.05) is 19.9 Å². The number of rotatable bonds is 2. The molecule has 1 atom stereocenters. The summed E-state index contributed by atoms with van der Waals surface area (Å²) in [6, 6.07) is 2.06. The number of halogens is 2. The fraction of sp³-hybridized carbons (Fsp3) is 0.727. The lowest BCUT2D eigenvalue weighted by atomic mass is 9.71. The molecule has 1 aliphatic rings. The van der Waals surface area contributed by atoms with E-state index in [0.29, 0.717) is 12.0 Å². The lowest BCUT2D eigenvalue weighted by Crippen LogP contribution is -2.32. The van der Waals surface area contributed by atoms with Gasteiger partial charge in [-0.2, -0.15) is 5.26 Å². The molecule has 0 spiro atoms. The van der Waals surface area contributed by atoms with Crippen LogP contribution in [0.3, 0.4) is 0 Å². The van der Waals surface area contributed by atoms with Gasteiger partial charge in [-0.25, -0.2) is 8.78 Å². The Morgan fingerprint density at radius 3 is 2.71 bits per heavy atom. The Hall–Kier alpha value is -0.910. The Bertz CT molecular complexity index is 274. The van der Waals surface area contributed by atoms with Gasteiger partial charge in [0.1, 0.15) is 0 Å². The van der Waals surface area contributed by atoms with Crippen LogP contribution in [0.4, 0.5) is 8.78 Å². The maximum absolute atomic E-state index is 12.7. The van der Waals surface area contributed by atoms with E-state index < -0.39 is 11.8 Å². The Morgan fingerprint density at radius 1 is 1.57 bits per heavy atom. The summed E-state index contributed by atoms with van der Waals surface area (Å²) in [7, 11) is 0. The monoisotopic (exact) mass is 199 g/mol. The minimum absolute atomic E-state index is 0.0675. The summed E-state index contributed by atoms with van der Waals surface area (Å²) in [6.45, 7) is 3.17. The third-order valence-corrected chi connectivity index (χ3v) is 3.13. The van der Waals surface area contributed by atoms with E-state index >= 15 is 0 Å². The van der Waals surface area contributed by atoms with Gasteiger partial charge in [-0.15, -0.1) is 0 Å². The van der Waals surface area contributed by atoms with Crippen LogP contribution in [0, 0.1) is 22.7 Å². The van der Waals surface area contributed by atoms with Crippen LogP contribution in [0.15, 0.2) is 11.6 Å². The second-order valence-corrected chi connectivity index (χ2v) is 4.44. The first-order valence-electron chi connectivity index (χ1n) is 4.85. The van der Waals surface area contributed by atoms with Crippen molar-refractivity contribution in [1.82, 2.24) is 0 Å². The number of nitrogens with zero attached hydrogens (tertiary/aromatic N) is 1. The Morgan fingerprint density at radius 2 is 2.21 bits per heavy atom. The van der Waals surface area contributed by atoms with Gasteiger partial charge in [-0.05, 0) is 25.2 Å². The lowest BCUT2D eigenvalue weighted by molar-refractivity contribution is -0.0247. The molecule has 1 nitrogen and oxygen atoms in total. The lowest BCUT2D eigenvalue weighted by Gasteiger charge is -2.35. The highest BCUT2D eigenvalue weighted by Crippen LogP contribution is 2.42. The zero-order valence-corrected chi connectivity index (χ0v) is 8.56. The number of nitriles is 1. The molecule has 1 aliphatic carbocycles. The molecule has 0 N–H and O–H groups in total. The fourth-order valence-electron chi connectivity index (χ4n) is 1.81. The zero-order valence-electron chi connectivity index (χ0n) is 8.56. The first-order valence-corrected chi connectivity index (χ1v) is 4.85. The molecule has 78 valence electrons. The Labute approximate surface area is 83.4 Å². The number of hydrogen-bond acceptors (Lipinski definition) is 1. The smallest absolute Gasteiger partial charge is 0.210 e. The van der Waals surface area contributed by atoms with E-state index in [-0.39, 0.29) is 5.92 Å². The highest BCUT2D eigenvalue weighted by molar-refractivity contribution is 5.23. The molecule has 14 heavy (non-hydrogen) atoms. The average molecular weight is 199 g/mol. The topological polar surface area (TPSA) is 23.8 Å². The molecule has 0 aromatic carbocycles. The second kappa shape index (κ2) is 4.08. The van der Waals surface area contributed by atoms with Crippen molar-refractivity contribution in [2.45, 2.75) is 39.5 Å². The fourth-order valence-corrected chi connectivity index (χ4v) is 1.81. The standard InChI is InChI=1S/C11H15F2N/c1-11(2,10(12)13)9-5-3-4-8(6-9)7-14/h4,9-10H,3,5-6H2,1-2H3. The number of hydrogen-bond donors (Lipinski definition) is 0. The number of allylic oxidation sites excluding steroid dienone is 2. The van der Waals surface area contributed by atoms with Crippen molar-refractivity contribution in [3.05, 3.63) is 11.6 Å². The predicted octanol–water partition coefficient (Wildman–Crippen LogP) is 3.53. The van der Waals surface area contributed by atoms with Crippen LogP contribution in [0.1, 0.15) is 33.1 Å². The van der Waals surface area contributed by atoms with Crippen LogP contribution in [0.2, 0.25) is 0 Å². The van der Waals surface area contributed by atoms with Crippen molar-refractivity contribution in [3.8, 4) is 6.07 Å². The minimum atomic E-state index is -2.31. The van der Waals surface area contributed by atoms with E-state index in [1.807, 2.05) is 6.08 Å². The summed E-state index contributed by atoms with van der Waals surface area (Å²) in [5, 5.41) is 8.71. The van der Waals surface area contributed by atoms with Crippen LogP contribution < -0.4 is 0 Å². The molecule has 0 radical (unpaired) electrons. The molecule has 0 heterocycles. The van der Waals surface area contributed by atoms with E-state index in [9.17, 15) is 8.78 Å². The molecule has 0 fully saturated rings. The maximum Gasteiger partial charge on any atom is 0.243 e. The van der Waals surface area contributed by atoms with Gasteiger partial charge in [0.2, 0.25) is 6.43 Å². The van der Waals surface area contributed by atoms with Gasteiger partial charge < -0.3 is 0 Å². The molecular weight excluding hydrogens is 184 g/mol. The first-order chi connectivity index (χ1) is 6.48. The Kier molecular flexibility index (Phi) is 3.25. The highest BCUT2D eigenvalue weighted by Gasteiger charge is 2.38. The third-order valence-electron chi connectivity index (χ3n) is 3.13.